The van der Waals surface area contributed by atoms with Crippen molar-refractivity contribution >= 4 is 0 Å². The van der Waals surface area contributed by atoms with E-state index >= 15 is 0 Å². The van der Waals surface area contributed by atoms with Crippen molar-refractivity contribution in [2.45, 2.75) is 19.6 Å². The van der Waals surface area contributed by atoms with Crippen molar-refractivity contribution in [2.75, 3.05) is 7.05 Å². The Balaban J connectivity index is 3.84. The predicted molar refractivity (Wildman–Crippen MR) is 32.9 cm³/mol. The topological polar surface area (TPSA) is 67.9 Å². The van der Waals surface area contributed by atoms with Gasteiger partial charge in [-0.25, -0.2) is 5.01 Å². The first kappa shape index (κ1) is 8.32. The summed E-state index contributed by atoms with van der Waals surface area (Å²) in [6, 6.07) is 0. The van der Waals surface area contributed by atoms with E-state index in [1.807, 2.05) is 0 Å². The zero-order valence-electron chi connectivity index (χ0n) is 5.79. The molecule has 0 aliphatic heterocycles. The monoisotopic (exact) mass is 133 g/mol. The molecule has 0 atom stereocenters. The van der Waals surface area contributed by atoms with Crippen molar-refractivity contribution in [1.29, 1.82) is 0 Å². The van der Waals surface area contributed by atoms with Crippen molar-refractivity contribution in [3.8, 4) is 0 Å². The summed E-state index contributed by atoms with van der Waals surface area (Å²) in [4.78, 5) is 13.9. The van der Waals surface area contributed by atoms with Crippen LogP contribution in [0.5, 0.6) is 0 Å². The summed E-state index contributed by atoms with van der Waals surface area (Å²) in [5.41, 5.74) is -0.818. The highest BCUT2D eigenvalue weighted by molar-refractivity contribution is 4.59. The Morgan fingerprint density at radius 2 is 2.11 bits per heavy atom. The molecule has 2 N–H and O–H groups in total. The summed E-state index contributed by atoms with van der Waals surface area (Å²) in [7, 11) is 1.59. The highest BCUT2D eigenvalue weighted by Crippen LogP contribution is 2.09. The van der Waals surface area contributed by atoms with E-state index in [2.05, 4.69) is 10.2 Å². The van der Waals surface area contributed by atoms with Gasteiger partial charge in [0, 0.05) is 7.05 Å². The molecule has 0 unspecified atom stereocenters. The molecule has 0 fully saturated rings. The minimum Gasteiger partial charge on any atom is -0.340 e. The first-order valence-corrected chi connectivity index (χ1v) is 2.50. The Kier molecular flexibility index (Phi) is 2.54. The molecule has 0 heterocycles. The highest BCUT2D eigenvalue weighted by Gasteiger charge is 2.23. The lowest BCUT2D eigenvalue weighted by atomic mass is 10.3. The fourth-order valence-corrected chi connectivity index (χ4v) is 0.156. The van der Waals surface area contributed by atoms with Gasteiger partial charge in [0.05, 0.1) is 0 Å². The van der Waals surface area contributed by atoms with Gasteiger partial charge in [-0.2, -0.15) is 0 Å². The van der Waals surface area contributed by atoms with Gasteiger partial charge in [-0.3, -0.25) is 5.84 Å². The molecule has 0 aliphatic carbocycles. The smallest absolute Gasteiger partial charge is 0.200 e. The van der Waals surface area contributed by atoms with Gasteiger partial charge in [0.15, 0.2) is 5.34 Å². The lowest BCUT2D eigenvalue weighted by molar-refractivity contribution is -0.123. The van der Waals surface area contributed by atoms with Crippen molar-refractivity contribution in [3.63, 3.8) is 0 Å². The molecule has 0 bridgehead atoms. The minimum atomic E-state index is -0.818. The molecule has 0 radical (unpaired) electrons. The molecule has 0 rings (SSSR count). The van der Waals surface area contributed by atoms with Crippen molar-refractivity contribution in [2.24, 2.45) is 11.2 Å². The van der Waals surface area contributed by atoms with Crippen LogP contribution in [0.25, 0.3) is 0 Å². The average Bonchev–Trinajstić information content (AvgIpc) is 1.65. The normalized spacial score (nSPS) is 11.7. The summed E-state index contributed by atoms with van der Waals surface area (Å²) in [6.45, 7) is 3.27. The molecule has 0 saturated heterocycles. The summed E-state index contributed by atoms with van der Waals surface area (Å²) in [6.07, 6.45) is 0. The Hall–Kier alpha value is -0.680. The molecule has 5 nitrogen and oxygen atoms in total. The van der Waals surface area contributed by atoms with Crippen LogP contribution in [-0.2, 0) is 4.84 Å². The molecule has 0 aromatic carbocycles. The van der Waals surface area contributed by atoms with Crippen LogP contribution in [0.2, 0.25) is 0 Å². The van der Waals surface area contributed by atoms with Crippen LogP contribution >= 0.6 is 0 Å². The molecule has 0 amide bonds. The summed E-state index contributed by atoms with van der Waals surface area (Å²) >= 11 is 0. The van der Waals surface area contributed by atoms with Gasteiger partial charge in [-0.1, -0.05) is 0 Å². The second kappa shape index (κ2) is 2.75. The van der Waals surface area contributed by atoms with Crippen LogP contribution in [0.1, 0.15) is 13.8 Å². The van der Waals surface area contributed by atoms with Crippen LogP contribution < -0.4 is 5.84 Å². The zero-order valence-corrected chi connectivity index (χ0v) is 5.79. The van der Waals surface area contributed by atoms with Crippen LogP contribution in [0.4, 0.5) is 0 Å². The van der Waals surface area contributed by atoms with E-state index in [-0.39, 0.29) is 0 Å². The second-order valence-corrected chi connectivity index (χ2v) is 2.22. The molecule has 5 heteroatoms. The Labute approximate surface area is 53.7 Å². The van der Waals surface area contributed by atoms with Gasteiger partial charge in [0.25, 0.3) is 0 Å². The van der Waals surface area contributed by atoms with Crippen molar-refractivity contribution in [3.05, 3.63) is 4.91 Å². The van der Waals surface area contributed by atoms with Gasteiger partial charge in [0.2, 0.25) is 5.72 Å². The van der Waals surface area contributed by atoms with Gasteiger partial charge >= 0.3 is 0 Å². The van der Waals surface area contributed by atoms with Gasteiger partial charge in [-0.05, 0) is 13.8 Å². The quantitative estimate of drug-likeness (QED) is 0.259. The maximum Gasteiger partial charge on any atom is 0.200 e. The third-order valence-electron chi connectivity index (χ3n) is 1.11. The van der Waals surface area contributed by atoms with Gasteiger partial charge in [0.1, 0.15) is 0 Å². The Morgan fingerprint density at radius 1 is 1.67 bits per heavy atom. The van der Waals surface area contributed by atoms with Crippen molar-refractivity contribution in [1.82, 2.24) is 5.01 Å². The van der Waals surface area contributed by atoms with E-state index in [1.54, 1.807) is 20.9 Å². The standard InChI is InChI=1S/C4H11N3O2/c1-4(2,7(3)5)9-6-8/h5H2,1-3H3. The molecule has 54 valence electrons. The number of nitrogens with two attached hydrogens (primary N) is 1. The summed E-state index contributed by atoms with van der Waals surface area (Å²) < 4.78 is 0. The summed E-state index contributed by atoms with van der Waals surface area (Å²) in [5, 5.41) is 3.52. The molecule has 0 aromatic heterocycles. The first-order valence-electron chi connectivity index (χ1n) is 2.50. The molecule has 0 aliphatic rings. The maximum atomic E-state index is 9.57. The second-order valence-electron chi connectivity index (χ2n) is 2.22. The SMILES string of the molecule is CN(N)C(C)(C)ON=O. The predicted octanol–water partition coefficient (Wildman–Crippen LogP) is 0.226. The summed E-state index contributed by atoms with van der Waals surface area (Å²) in [5.74, 6) is 5.27. The van der Waals surface area contributed by atoms with E-state index in [1.165, 1.54) is 5.01 Å². The van der Waals surface area contributed by atoms with E-state index in [9.17, 15) is 4.91 Å². The number of hydrogen-bond acceptors (Lipinski definition) is 5. The highest BCUT2D eigenvalue weighted by atomic mass is 16.7. The molecule has 9 heavy (non-hydrogen) atoms. The zero-order chi connectivity index (χ0) is 7.49. The van der Waals surface area contributed by atoms with E-state index in [4.69, 9.17) is 5.84 Å². The van der Waals surface area contributed by atoms with Crippen LogP contribution in [0, 0.1) is 4.91 Å². The molecular formula is C4H11N3O2. The third-order valence-corrected chi connectivity index (χ3v) is 1.11. The Morgan fingerprint density at radius 3 is 2.22 bits per heavy atom. The fourth-order valence-electron chi connectivity index (χ4n) is 0.156. The number of nitrogens with zero attached hydrogens (tertiary/aromatic N) is 2. The minimum absolute atomic E-state index is 0.818. The van der Waals surface area contributed by atoms with E-state index < -0.39 is 5.72 Å². The van der Waals surface area contributed by atoms with Crippen LogP contribution in [0.3, 0.4) is 0 Å². The van der Waals surface area contributed by atoms with Crippen molar-refractivity contribution < 1.29 is 4.84 Å². The largest absolute Gasteiger partial charge is 0.340 e. The van der Waals surface area contributed by atoms with E-state index in [0.717, 1.165) is 0 Å². The van der Waals surface area contributed by atoms with Gasteiger partial charge < -0.3 is 4.84 Å². The fraction of sp³-hybridized carbons (Fsp3) is 1.00. The first-order chi connectivity index (χ1) is 4.00. The number of hydrogen-bond donors (Lipinski definition) is 1. The maximum absolute atomic E-state index is 9.57. The third kappa shape index (κ3) is 2.39. The van der Waals surface area contributed by atoms with Crippen LogP contribution in [0.15, 0.2) is 5.34 Å². The van der Waals surface area contributed by atoms with Gasteiger partial charge in [-0.15, -0.1) is 4.91 Å². The number of hydrazine groups is 1. The number of rotatable bonds is 3. The average molecular weight is 133 g/mol. The molecular weight excluding hydrogens is 122 g/mol. The Bertz CT molecular complexity index is 102. The lowest BCUT2D eigenvalue weighted by Gasteiger charge is -2.26. The molecule has 0 aromatic rings. The molecule has 0 spiro atoms. The van der Waals surface area contributed by atoms with Crippen LogP contribution in [-0.4, -0.2) is 17.8 Å². The lowest BCUT2D eigenvalue weighted by Crippen LogP contribution is -2.46. The molecule has 0 saturated carbocycles. The van der Waals surface area contributed by atoms with E-state index in [0.29, 0.717) is 0 Å².